The van der Waals surface area contributed by atoms with Crippen LogP contribution >= 0.6 is 0 Å². The fraction of sp³-hybridized carbons (Fsp3) is 0.571. The van der Waals surface area contributed by atoms with E-state index in [1.807, 2.05) is 0 Å². The number of hydrogen-bond donors (Lipinski definition) is 2. The van der Waals surface area contributed by atoms with Crippen LogP contribution in [0.4, 0.5) is 0 Å². The maximum absolute atomic E-state index is 5.65. The molecule has 16 heavy (non-hydrogen) atoms. The Bertz CT molecular complexity index is 321. The van der Waals surface area contributed by atoms with Crippen LogP contribution in [0, 0.1) is 11.8 Å². The minimum Gasteiger partial charge on any atom is -0.271 e. The molecule has 3 atom stereocenters. The highest BCUT2D eigenvalue weighted by Crippen LogP contribution is 2.50. The highest BCUT2D eigenvalue weighted by molar-refractivity contribution is 5.26. The Labute approximate surface area is 98.2 Å². The summed E-state index contributed by atoms with van der Waals surface area (Å²) in [6, 6.07) is 11.3. The van der Waals surface area contributed by atoms with Crippen LogP contribution in [0.2, 0.25) is 0 Å². The lowest BCUT2D eigenvalue weighted by molar-refractivity contribution is 0.385. The third-order valence-electron chi connectivity index (χ3n) is 3.52. The molecule has 0 aliphatic heterocycles. The van der Waals surface area contributed by atoms with Gasteiger partial charge in [-0.25, -0.2) is 0 Å². The molecule has 3 N–H and O–H groups in total. The predicted octanol–water partition coefficient (Wildman–Crippen LogP) is 2.67. The van der Waals surface area contributed by atoms with Gasteiger partial charge in [0.1, 0.15) is 0 Å². The molecule has 0 heterocycles. The molecule has 1 aliphatic carbocycles. The van der Waals surface area contributed by atoms with E-state index in [-0.39, 0.29) is 0 Å². The maximum atomic E-state index is 5.65. The highest BCUT2D eigenvalue weighted by atomic mass is 15.2. The van der Waals surface area contributed by atoms with Crippen molar-refractivity contribution < 1.29 is 0 Å². The van der Waals surface area contributed by atoms with Gasteiger partial charge in [-0.2, -0.15) is 0 Å². The van der Waals surface area contributed by atoms with Crippen LogP contribution in [-0.2, 0) is 0 Å². The molecule has 0 saturated heterocycles. The summed E-state index contributed by atoms with van der Waals surface area (Å²) in [6.07, 6.45) is 2.45. The van der Waals surface area contributed by atoms with E-state index in [0.29, 0.717) is 12.0 Å². The summed E-state index contributed by atoms with van der Waals surface area (Å²) in [5.41, 5.74) is 4.46. The summed E-state index contributed by atoms with van der Waals surface area (Å²) in [7, 11) is 0. The molecule has 0 bridgehead atoms. The molecule has 1 aromatic rings. The first-order valence-corrected chi connectivity index (χ1v) is 6.23. The van der Waals surface area contributed by atoms with Crippen molar-refractivity contribution in [2.45, 2.75) is 38.6 Å². The minimum atomic E-state index is 0.477. The molecule has 88 valence electrons. The molecule has 0 radical (unpaired) electrons. The van der Waals surface area contributed by atoms with E-state index in [1.165, 1.54) is 18.4 Å². The van der Waals surface area contributed by atoms with E-state index in [0.717, 1.165) is 11.8 Å². The van der Waals surface area contributed by atoms with Crippen molar-refractivity contribution in [3.05, 3.63) is 35.9 Å². The zero-order valence-electron chi connectivity index (χ0n) is 10.2. The smallest absolute Gasteiger partial charge is 0.0247 e. The number of rotatable bonds is 5. The van der Waals surface area contributed by atoms with E-state index in [9.17, 15) is 0 Å². The van der Waals surface area contributed by atoms with Gasteiger partial charge in [0, 0.05) is 6.04 Å². The van der Waals surface area contributed by atoms with Crippen molar-refractivity contribution in [1.82, 2.24) is 5.43 Å². The SMILES string of the molecule is CC(C)CC(NN)C1CC1c1ccccc1. The molecule has 1 saturated carbocycles. The van der Waals surface area contributed by atoms with Gasteiger partial charge in [-0.05, 0) is 36.2 Å². The topological polar surface area (TPSA) is 38.0 Å². The Balaban J connectivity index is 1.94. The van der Waals surface area contributed by atoms with Crippen LogP contribution in [0.25, 0.3) is 0 Å². The largest absolute Gasteiger partial charge is 0.271 e. The summed E-state index contributed by atoms with van der Waals surface area (Å²) >= 11 is 0. The van der Waals surface area contributed by atoms with E-state index in [1.54, 1.807) is 0 Å². The Kier molecular flexibility index (Phi) is 3.62. The van der Waals surface area contributed by atoms with Gasteiger partial charge in [-0.3, -0.25) is 11.3 Å². The lowest BCUT2D eigenvalue weighted by atomic mass is 9.98. The van der Waals surface area contributed by atoms with Gasteiger partial charge >= 0.3 is 0 Å². The third-order valence-corrected chi connectivity index (χ3v) is 3.52. The van der Waals surface area contributed by atoms with Gasteiger partial charge in [-0.1, -0.05) is 44.2 Å². The number of hydrogen-bond acceptors (Lipinski definition) is 2. The molecule has 2 nitrogen and oxygen atoms in total. The van der Waals surface area contributed by atoms with Crippen LogP contribution in [0.5, 0.6) is 0 Å². The molecular weight excluding hydrogens is 196 g/mol. The van der Waals surface area contributed by atoms with Crippen molar-refractivity contribution in [2.24, 2.45) is 17.7 Å². The Morgan fingerprint density at radius 3 is 2.56 bits per heavy atom. The summed E-state index contributed by atoms with van der Waals surface area (Å²) in [5.74, 6) is 7.81. The Hall–Kier alpha value is -0.860. The lowest BCUT2D eigenvalue weighted by Crippen LogP contribution is -2.38. The van der Waals surface area contributed by atoms with Gasteiger partial charge in [0.25, 0.3) is 0 Å². The van der Waals surface area contributed by atoms with E-state index >= 15 is 0 Å². The van der Waals surface area contributed by atoms with Crippen molar-refractivity contribution >= 4 is 0 Å². The van der Waals surface area contributed by atoms with Crippen LogP contribution in [0.1, 0.15) is 38.2 Å². The van der Waals surface area contributed by atoms with E-state index < -0.39 is 0 Å². The monoisotopic (exact) mass is 218 g/mol. The van der Waals surface area contributed by atoms with Crippen LogP contribution in [0.15, 0.2) is 30.3 Å². The fourth-order valence-electron chi connectivity index (χ4n) is 2.62. The zero-order valence-corrected chi connectivity index (χ0v) is 10.2. The summed E-state index contributed by atoms with van der Waals surface area (Å²) < 4.78 is 0. The normalized spacial score (nSPS) is 25.8. The number of benzene rings is 1. The first-order chi connectivity index (χ1) is 7.72. The average Bonchev–Trinajstić information content (AvgIpc) is 3.07. The van der Waals surface area contributed by atoms with Crippen LogP contribution < -0.4 is 11.3 Å². The highest BCUT2D eigenvalue weighted by Gasteiger charge is 2.43. The molecule has 1 aliphatic rings. The quantitative estimate of drug-likeness (QED) is 0.589. The maximum Gasteiger partial charge on any atom is 0.0247 e. The standard InChI is InChI=1S/C14H22N2/c1-10(2)8-14(16-15)13-9-12(13)11-6-4-3-5-7-11/h3-7,10,12-14,16H,8-9,15H2,1-2H3. The second-order valence-corrected chi connectivity index (χ2v) is 5.32. The molecule has 1 aromatic carbocycles. The summed E-state index contributed by atoms with van der Waals surface area (Å²) in [6.45, 7) is 4.51. The van der Waals surface area contributed by atoms with Crippen molar-refractivity contribution in [3.63, 3.8) is 0 Å². The van der Waals surface area contributed by atoms with Gasteiger partial charge in [0.2, 0.25) is 0 Å². The fourth-order valence-corrected chi connectivity index (χ4v) is 2.62. The first-order valence-electron chi connectivity index (χ1n) is 6.23. The zero-order chi connectivity index (χ0) is 11.5. The molecule has 2 heteroatoms. The third kappa shape index (κ3) is 2.63. The molecule has 0 spiro atoms. The number of hydrazine groups is 1. The van der Waals surface area contributed by atoms with E-state index in [4.69, 9.17) is 5.84 Å². The van der Waals surface area contributed by atoms with Crippen molar-refractivity contribution in [1.29, 1.82) is 0 Å². The first kappa shape index (κ1) is 11.6. The number of nitrogens with two attached hydrogens (primary N) is 1. The predicted molar refractivity (Wildman–Crippen MR) is 67.9 cm³/mol. The minimum absolute atomic E-state index is 0.477. The van der Waals surface area contributed by atoms with Gasteiger partial charge in [-0.15, -0.1) is 0 Å². The number of nitrogens with one attached hydrogen (secondary N) is 1. The molecule has 1 fully saturated rings. The Morgan fingerprint density at radius 2 is 2.00 bits per heavy atom. The molecule has 0 amide bonds. The molecule has 0 aromatic heterocycles. The van der Waals surface area contributed by atoms with Gasteiger partial charge in [0.05, 0.1) is 0 Å². The average molecular weight is 218 g/mol. The van der Waals surface area contributed by atoms with Gasteiger partial charge in [0.15, 0.2) is 0 Å². The summed E-state index contributed by atoms with van der Waals surface area (Å²) in [4.78, 5) is 0. The summed E-state index contributed by atoms with van der Waals surface area (Å²) in [5, 5.41) is 0. The van der Waals surface area contributed by atoms with Crippen molar-refractivity contribution in [2.75, 3.05) is 0 Å². The van der Waals surface area contributed by atoms with Gasteiger partial charge < -0.3 is 0 Å². The van der Waals surface area contributed by atoms with Crippen LogP contribution in [0.3, 0.4) is 0 Å². The Morgan fingerprint density at radius 1 is 1.31 bits per heavy atom. The molecular formula is C14H22N2. The van der Waals surface area contributed by atoms with Crippen molar-refractivity contribution in [3.8, 4) is 0 Å². The second kappa shape index (κ2) is 4.98. The van der Waals surface area contributed by atoms with E-state index in [2.05, 4.69) is 49.6 Å². The lowest BCUT2D eigenvalue weighted by Gasteiger charge is -2.18. The second-order valence-electron chi connectivity index (χ2n) is 5.32. The molecule has 3 unspecified atom stereocenters. The molecule has 2 rings (SSSR count). The van der Waals surface area contributed by atoms with Crippen LogP contribution in [-0.4, -0.2) is 6.04 Å².